The summed E-state index contributed by atoms with van der Waals surface area (Å²) in [6, 6.07) is 7.34. The van der Waals surface area contributed by atoms with Gasteiger partial charge in [-0.25, -0.2) is 23.4 Å². The molecule has 1 aliphatic rings. The van der Waals surface area contributed by atoms with Crippen molar-refractivity contribution in [2.24, 2.45) is 5.92 Å². The Hall–Kier alpha value is -3.03. The summed E-state index contributed by atoms with van der Waals surface area (Å²) in [5.74, 6) is 1.51. The topological polar surface area (TPSA) is 116 Å². The molecule has 30 heavy (non-hydrogen) atoms. The molecule has 4 heterocycles. The number of anilines is 1. The summed E-state index contributed by atoms with van der Waals surface area (Å²) in [6.45, 7) is 4.75. The summed E-state index contributed by atoms with van der Waals surface area (Å²) >= 11 is 0. The third kappa shape index (κ3) is 3.86. The van der Waals surface area contributed by atoms with Crippen LogP contribution in [0.4, 0.5) is 5.82 Å². The molecule has 1 aliphatic heterocycles. The minimum atomic E-state index is -3.22. The Balaban J connectivity index is 1.61. The molecule has 0 saturated carbocycles. The number of imidazole rings is 1. The van der Waals surface area contributed by atoms with Gasteiger partial charge in [0.1, 0.15) is 23.2 Å². The number of piperidine rings is 1. The van der Waals surface area contributed by atoms with Gasteiger partial charge < -0.3 is 5.32 Å². The molecule has 0 bridgehead atoms. The van der Waals surface area contributed by atoms with Crippen molar-refractivity contribution in [3.8, 4) is 17.6 Å². The molecule has 0 aromatic carbocycles. The average molecular weight is 426 g/mol. The fraction of sp³-hybridized carbons (Fsp3) is 0.400. The molecule has 0 unspecified atom stereocenters. The molecule has 156 valence electrons. The highest BCUT2D eigenvalue weighted by Crippen LogP contribution is 2.24. The van der Waals surface area contributed by atoms with Crippen molar-refractivity contribution in [1.29, 1.82) is 5.26 Å². The first kappa shape index (κ1) is 20.3. The Morgan fingerprint density at radius 2 is 2.13 bits per heavy atom. The fourth-order valence-electron chi connectivity index (χ4n) is 3.63. The number of sulfonamides is 1. The number of rotatable bonds is 5. The monoisotopic (exact) mass is 425 g/mol. The maximum absolute atomic E-state index is 12.3. The quantitative estimate of drug-likeness (QED) is 0.665. The van der Waals surface area contributed by atoms with Crippen LogP contribution in [0.5, 0.6) is 0 Å². The maximum Gasteiger partial charge on any atom is 0.213 e. The molecule has 9 nitrogen and oxygen atoms in total. The van der Waals surface area contributed by atoms with E-state index in [0.29, 0.717) is 47.6 Å². The number of hydrogen-bond acceptors (Lipinski definition) is 7. The lowest BCUT2D eigenvalue weighted by atomic mass is 9.95. The van der Waals surface area contributed by atoms with Gasteiger partial charge in [0.25, 0.3) is 0 Å². The van der Waals surface area contributed by atoms with Crippen molar-refractivity contribution >= 4 is 21.5 Å². The van der Waals surface area contributed by atoms with E-state index in [4.69, 9.17) is 0 Å². The van der Waals surface area contributed by atoms with Crippen LogP contribution in [-0.2, 0) is 10.0 Å². The number of aromatic nitrogens is 4. The standard InChI is InChI=1S/C20H23N7O2S/c1-3-30(28,29)26-9-7-14(2)16(13-26)24-18-6-8-22-20(25-18)17-11-23-19-5-4-15(10-21)12-27(17)19/h4-6,8,11-12,14,16H,3,7,9,13H2,1-2H3,(H,22,24,25)/t14-,16+/m1/s1. The number of pyridine rings is 1. The molecular weight excluding hydrogens is 402 g/mol. The van der Waals surface area contributed by atoms with E-state index in [2.05, 4.69) is 33.3 Å². The van der Waals surface area contributed by atoms with Gasteiger partial charge in [-0.05, 0) is 37.5 Å². The SMILES string of the molecule is CCS(=O)(=O)N1CC[C@@H](C)[C@@H](Nc2ccnc(-c3cnc4ccc(C#N)cn34)n2)C1. The number of nitrogens with one attached hydrogen (secondary N) is 1. The lowest BCUT2D eigenvalue weighted by Crippen LogP contribution is -2.49. The number of nitriles is 1. The minimum absolute atomic E-state index is 0.0461. The van der Waals surface area contributed by atoms with Gasteiger partial charge >= 0.3 is 0 Å². The number of fused-ring (bicyclic) bond motifs is 1. The average Bonchev–Trinajstić information content (AvgIpc) is 3.18. The summed E-state index contributed by atoms with van der Waals surface area (Å²) in [7, 11) is -3.22. The predicted molar refractivity (Wildman–Crippen MR) is 113 cm³/mol. The van der Waals surface area contributed by atoms with Gasteiger partial charge in [0.05, 0.1) is 17.5 Å². The normalized spacial score (nSPS) is 20.2. The van der Waals surface area contributed by atoms with Crippen LogP contribution >= 0.6 is 0 Å². The van der Waals surface area contributed by atoms with Crippen molar-refractivity contribution in [1.82, 2.24) is 23.7 Å². The molecule has 3 aromatic heterocycles. The maximum atomic E-state index is 12.3. The van der Waals surface area contributed by atoms with Crippen LogP contribution < -0.4 is 5.32 Å². The van der Waals surface area contributed by atoms with E-state index in [1.54, 1.807) is 52.4 Å². The van der Waals surface area contributed by atoms with Gasteiger partial charge in [0.2, 0.25) is 10.0 Å². The van der Waals surface area contributed by atoms with Crippen molar-refractivity contribution < 1.29 is 8.42 Å². The second-order valence-electron chi connectivity index (χ2n) is 7.44. The summed E-state index contributed by atoms with van der Waals surface area (Å²) in [5.41, 5.74) is 1.90. The second-order valence-corrected chi connectivity index (χ2v) is 9.70. The number of hydrogen-bond donors (Lipinski definition) is 1. The van der Waals surface area contributed by atoms with Crippen molar-refractivity contribution in [2.75, 3.05) is 24.2 Å². The highest BCUT2D eigenvalue weighted by molar-refractivity contribution is 7.89. The molecule has 3 aromatic rings. The van der Waals surface area contributed by atoms with Crippen LogP contribution in [0.3, 0.4) is 0 Å². The van der Waals surface area contributed by atoms with E-state index in [1.807, 2.05) is 0 Å². The fourth-order valence-corrected chi connectivity index (χ4v) is 4.76. The first-order valence-electron chi connectivity index (χ1n) is 9.86. The largest absolute Gasteiger partial charge is 0.366 e. The smallest absolute Gasteiger partial charge is 0.213 e. The molecule has 4 rings (SSSR count). The molecule has 10 heteroatoms. The van der Waals surface area contributed by atoms with Crippen LogP contribution in [0.2, 0.25) is 0 Å². The highest BCUT2D eigenvalue weighted by atomic mass is 32.2. The Morgan fingerprint density at radius 1 is 1.30 bits per heavy atom. The van der Waals surface area contributed by atoms with Gasteiger partial charge in [-0.1, -0.05) is 6.92 Å². The van der Waals surface area contributed by atoms with Gasteiger partial charge in [-0.2, -0.15) is 9.57 Å². The zero-order valence-corrected chi connectivity index (χ0v) is 17.7. The van der Waals surface area contributed by atoms with E-state index >= 15 is 0 Å². The van der Waals surface area contributed by atoms with E-state index in [-0.39, 0.29) is 11.8 Å². The Labute approximate surface area is 175 Å². The number of nitrogens with zero attached hydrogens (tertiary/aromatic N) is 6. The highest BCUT2D eigenvalue weighted by Gasteiger charge is 2.32. The first-order chi connectivity index (χ1) is 14.4. The van der Waals surface area contributed by atoms with Crippen LogP contribution in [0.15, 0.2) is 36.8 Å². The first-order valence-corrected chi connectivity index (χ1v) is 11.5. The van der Waals surface area contributed by atoms with Crippen molar-refractivity contribution in [2.45, 2.75) is 26.3 Å². The Bertz CT molecular complexity index is 1220. The lowest BCUT2D eigenvalue weighted by Gasteiger charge is -2.36. The molecule has 0 spiro atoms. The third-order valence-corrected chi connectivity index (χ3v) is 7.38. The van der Waals surface area contributed by atoms with Crippen molar-refractivity contribution in [3.05, 3.63) is 42.4 Å². The Kier molecular flexibility index (Phi) is 5.40. The van der Waals surface area contributed by atoms with Crippen molar-refractivity contribution in [3.63, 3.8) is 0 Å². The summed E-state index contributed by atoms with van der Waals surface area (Å²) in [4.78, 5) is 13.3. The third-order valence-electron chi connectivity index (χ3n) is 5.53. The minimum Gasteiger partial charge on any atom is -0.366 e. The van der Waals surface area contributed by atoms with Crippen LogP contribution in [-0.4, -0.2) is 57.0 Å². The molecular formula is C20H23N7O2S. The molecule has 0 aliphatic carbocycles. The molecule has 1 N–H and O–H groups in total. The molecule has 1 saturated heterocycles. The van der Waals surface area contributed by atoms with E-state index in [9.17, 15) is 13.7 Å². The summed E-state index contributed by atoms with van der Waals surface area (Å²) in [6.07, 6.45) is 5.83. The van der Waals surface area contributed by atoms with Crippen LogP contribution in [0.1, 0.15) is 25.8 Å². The van der Waals surface area contributed by atoms with Crippen LogP contribution in [0, 0.1) is 17.2 Å². The zero-order chi connectivity index (χ0) is 21.3. The molecule has 2 atom stereocenters. The molecule has 0 radical (unpaired) electrons. The summed E-state index contributed by atoms with van der Waals surface area (Å²) in [5, 5.41) is 12.6. The van der Waals surface area contributed by atoms with E-state index < -0.39 is 10.0 Å². The molecule has 0 amide bonds. The predicted octanol–water partition coefficient (Wildman–Crippen LogP) is 2.13. The van der Waals surface area contributed by atoms with E-state index in [1.165, 1.54) is 0 Å². The summed E-state index contributed by atoms with van der Waals surface area (Å²) < 4.78 is 27.9. The van der Waals surface area contributed by atoms with Gasteiger partial charge in [-0.15, -0.1) is 0 Å². The van der Waals surface area contributed by atoms with E-state index in [0.717, 1.165) is 6.42 Å². The van der Waals surface area contributed by atoms with Crippen LogP contribution in [0.25, 0.3) is 17.2 Å². The second kappa shape index (κ2) is 8.01. The zero-order valence-electron chi connectivity index (χ0n) is 16.9. The van der Waals surface area contributed by atoms with Gasteiger partial charge in [0, 0.05) is 31.5 Å². The molecule has 1 fully saturated rings. The van der Waals surface area contributed by atoms with Gasteiger partial charge in [-0.3, -0.25) is 4.40 Å². The lowest BCUT2D eigenvalue weighted by molar-refractivity contribution is 0.265. The Morgan fingerprint density at radius 3 is 2.90 bits per heavy atom. The van der Waals surface area contributed by atoms with Gasteiger partial charge in [0.15, 0.2) is 5.82 Å².